The zero-order valence-electron chi connectivity index (χ0n) is 11.5. The molecule has 1 aliphatic heterocycles. The van der Waals surface area contributed by atoms with Crippen molar-refractivity contribution in [2.45, 2.75) is 38.8 Å². The molecule has 0 aliphatic carbocycles. The van der Waals surface area contributed by atoms with E-state index in [0.717, 1.165) is 18.7 Å². The van der Waals surface area contributed by atoms with Crippen molar-refractivity contribution in [2.75, 3.05) is 11.4 Å². The van der Waals surface area contributed by atoms with Crippen LogP contribution in [-0.4, -0.2) is 23.3 Å². The summed E-state index contributed by atoms with van der Waals surface area (Å²) in [5.41, 5.74) is 0.770. The highest BCUT2D eigenvalue weighted by Gasteiger charge is 2.44. The molecule has 2 atom stereocenters. The molecule has 1 aromatic rings. The first kappa shape index (κ1) is 14.2. The molecule has 0 aromatic heterocycles. The molecule has 3 nitrogen and oxygen atoms in total. The van der Waals surface area contributed by atoms with Crippen LogP contribution in [0.1, 0.15) is 32.8 Å². The Kier molecular flexibility index (Phi) is 3.75. The molecule has 0 spiro atoms. The highest BCUT2D eigenvalue weighted by Crippen LogP contribution is 2.37. The highest BCUT2D eigenvalue weighted by molar-refractivity contribution is 6.32. The average molecular weight is 279 g/mol. The van der Waals surface area contributed by atoms with Crippen LogP contribution < -0.4 is 4.90 Å². The van der Waals surface area contributed by atoms with E-state index in [9.17, 15) is 5.11 Å². The van der Waals surface area contributed by atoms with Crippen LogP contribution in [0.2, 0.25) is 5.02 Å². The summed E-state index contributed by atoms with van der Waals surface area (Å²) in [5, 5.41) is 19.9. The van der Waals surface area contributed by atoms with E-state index in [0.29, 0.717) is 16.5 Å². The summed E-state index contributed by atoms with van der Waals surface area (Å²) in [6.45, 7) is 6.92. The molecule has 1 heterocycles. The Morgan fingerprint density at radius 3 is 2.74 bits per heavy atom. The summed E-state index contributed by atoms with van der Waals surface area (Å²) in [6.07, 6.45) is 0.744. The summed E-state index contributed by atoms with van der Waals surface area (Å²) < 4.78 is 0. The van der Waals surface area contributed by atoms with Gasteiger partial charge in [0.05, 0.1) is 22.2 Å². The van der Waals surface area contributed by atoms with Crippen molar-refractivity contribution in [2.24, 2.45) is 5.92 Å². The summed E-state index contributed by atoms with van der Waals surface area (Å²) in [6, 6.07) is 7.59. The Hall–Kier alpha value is -1.24. The Balaban J connectivity index is 2.37. The van der Waals surface area contributed by atoms with Crippen molar-refractivity contribution in [3.63, 3.8) is 0 Å². The van der Waals surface area contributed by atoms with Crippen LogP contribution in [0.3, 0.4) is 0 Å². The standard InChI is InChI=1S/C15H19ClN2O/c1-10(2)14-15(3,19)6-7-18(14)12-5-4-11(9-17)13(16)8-12/h4-5,8,10,14,19H,6-7H2,1-3H3/t14-,15?/m0/s1. The maximum absolute atomic E-state index is 10.5. The van der Waals surface area contributed by atoms with Gasteiger partial charge in [0.1, 0.15) is 6.07 Å². The molecular weight excluding hydrogens is 260 g/mol. The predicted molar refractivity (Wildman–Crippen MR) is 77.4 cm³/mol. The first-order valence-electron chi connectivity index (χ1n) is 6.55. The summed E-state index contributed by atoms with van der Waals surface area (Å²) in [4.78, 5) is 2.19. The van der Waals surface area contributed by atoms with E-state index in [-0.39, 0.29) is 6.04 Å². The molecule has 1 saturated heterocycles. The minimum Gasteiger partial charge on any atom is -0.388 e. The van der Waals surface area contributed by atoms with E-state index in [1.54, 1.807) is 6.07 Å². The molecule has 0 radical (unpaired) electrons. The number of hydrogen-bond donors (Lipinski definition) is 1. The molecule has 4 heteroatoms. The fourth-order valence-electron chi connectivity index (χ4n) is 3.11. The lowest BCUT2D eigenvalue weighted by molar-refractivity contribution is 0.0371. The number of hydrogen-bond acceptors (Lipinski definition) is 3. The second kappa shape index (κ2) is 5.03. The molecule has 0 saturated carbocycles. The van der Waals surface area contributed by atoms with Crippen molar-refractivity contribution in [1.82, 2.24) is 0 Å². The number of benzene rings is 1. The molecule has 102 valence electrons. The van der Waals surface area contributed by atoms with Gasteiger partial charge in [-0.1, -0.05) is 25.4 Å². The lowest BCUT2D eigenvalue weighted by Gasteiger charge is -2.36. The van der Waals surface area contributed by atoms with E-state index in [2.05, 4.69) is 24.8 Å². The van der Waals surface area contributed by atoms with Crippen LogP contribution in [0, 0.1) is 17.2 Å². The lowest BCUT2D eigenvalue weighted by Crippen LogP contribution is -2.46. The summed E-state index contributed by atoms with van der Waals surface area (Å²) in [5.74, 6) is 0.340. The quantitative estimate of drug-likeness (QED) is 0.904. The van der Waals surface area contributed by atoms with Crippen LogP contribution in [0.15, 0.2) is 18.2 Å². The number of anilines is 1. The Labute approximate surface area is 119 Å². The first-order chi connectivity index (χ1) is 8.86. The van der Waals surface area contributed by atoms with Crippen molar-refractivity contribution >= 4 is 17.3 Å². The molecule has 1 unspecified atom stereocenters. The molecule has 19 heavy (non-hydrogen) atoms. The SMILES string of the molecule is CC(C)[C@@H]1N(c2ccc(C#N)c(Cl)c2)CCC1(C)O. The van der Waals surface area contributed by atoms with Crippen LogP contribution in [0.25, 0.3) is 0 Å². The van der Waals surface area contributed by atoms with Gasteiger partial charge in [-0.3, -0.25) is 0 Å². The molecule has 1 aromatic carbocycles. The third-order valence-electron chi connectivity index (χ3n) is 3.87. The third kappa shape index (κ3) is 2.56. The van der Waals surface area contributed by atoms with E-state index in [4.69, 9.17) is 16.9 Å². The maximum atomic E-state index is 10.5. The van der Waals surface area contributed by atoms with Crippen LogP contribution >= 0.6 is 11.6 Å². The molecule has 1 aliphatic rings. The van der Waals surface area contributed by atoms with E-state index in [1.807, 2.05) is 19.1 Å². The van der Waals surface area contributed by atoms with Crippen molar-refractivity contribution in [3.05, 3.63) is 28.8 Å². The van der Waals surface area contributed by atoms with Gasteiger partial charge in [0, 0.05) is 12.2 Å². The van der Waals surface area contributed by atoms with E-state index in [1.165, 1.54) is 0 Å². The van der Waals surface area contributed by atoms with Gasteiger partial charge >= 0.3 is 0 Å². The summed E-state index contributed by atoms with van der Waals surface area (Å²) >= 11 is 6.09. The molecular formula is C15H19ClN2O. The maximum Gasteiger partial charge on any atom is 0.101 e. The zero-order valence-corrected chi connectivity index (χ0v) is 12.3. The summed E-state index contributed by atoms with van der Waals surface area (Å²) in [7, 11) is 0. The van der Waals surface area contributed by atoms with E-state index >= 15 is 0 Å². The Morgan fingerprint density at radius 1 is 1.53 bits per heavy atom. The van der Waals surface area contributed by atoms with Gasteiger partial charge in [-0.2, -0.15) is 5.26 Å². The van der Waals surface area contributed by atoms with Gasteiger partial charge in [-0.05, 0) is 37.5 Å². The predicted octanol–water partition coefficient (Wildman–Crippen LogP) is 3.20. The van der Waals surface area contributed by atoms with Crippen LogP contribution in [0.4, 0.5) is 5.69 Å². The fourth-order valence-corrected chi connectivity index (χ4v) is 3.33. The van der Waals surface area contributed by atoms with Gasteiger partial charge in [0.15, 0.2) is 0 Å². The minimum atomic E-state index is -0.686. The normalized spacial score (nSPS) is 26.8. The van der Waals surface area contributed by atoms with Crippen molar-refractivity contribution < 1.29 is 5.11 Å². The molecule has 2 rings (SSSR count). The average Bonchev–Trinajstić information content (AvgIpc) is 2.64. The topological polar surface area (TPSA) is 47.3 Å². The van der Waals surface area contributed by atoms with Gasteiger partial charge in [-0.25, -0.2) is 0 Å². The van der Waals surface area contributed by atoms with E-state index < -0.39 is 5.60 Å². The minimum absolute atomic E-state index is 0.0662. The first-order valence-corrected chi connectivity index (χ1v) is 6.93. The second-order valence-corrected chi connectivity index (χ2v) is 6.17. The number of aliphatic hydroxyl groups is 1. The second-order valence-electron chi connectivity index (χ2n) is 5.77. The number of nitriles is 1. The Bertz CT molecular complexity index is 519. The van der Waals surface area contributed by atoms with Gasteiger partial charge in [0.2, 0.25) is 0 Å². The number of halogens is 1. The monoisotopic (exact) mass is 278 g/mol. The number of nitrogens with zero attached hydrogens (tertiary/aromatic N) is 2. The molecule has 0 amide bonds. The highest BCUT2D eigenvalue weighted by atomic mass is 35.5. The van der Waals surface area contributed by atoms with Crippen LogP contribution in [-0.2, 0) is 0 Å². The van der Waals surface area contributed by atoms with Gasteiger partial charge in [0.25, 0.3) is 0 Å². The third-order valence-corrected chi connectivity index (χ3v) is 4.18. The largest absolute Gasteiger partial charge is 0.388 e. The Morgan fingerprint density at radius 2 is 2.21 bits per heavy atom. The molecule has 1 N–H and O–H groups in total. The molecule has 0 bridgehead atoms. The molecule has 1 fully saturated rings. The van der Waals surface area contributed by atoms with Gasteiger partial charge in [-0.15, -0.1) is 0 Å². The smallest absolute Gasteiger partial charge is 0.101 e. The fraction of sp³-hybridized carbons (Fsp3) is 0.533. The number of rotatable bonds is 2. The van der Waals surface area contributed by atoms with Crippen molar-refractivity contribution in [3.8, 4) is 6.07 Å². The van der Waals surface area contributed by atoms with Crippen LogP contribution in [0.5, 0.6) is 0 Å². The lowest BCUT2D eigenvalue weighted by atomic mass is 9.88. The van der Waals surface area contributed by atoms with Gasteiger partial charge < -0.3 is 10.0 Å². The zero-order chi connectivity index (χ0) is 14.2. The van der Waals surface area contributed by atoms with Crippen molar-refractivity contribution in [1.29, 1.82) is 5.26 Å².